The molecule has 0 atom stereocenters. The number of nitrogens with zero attached hydrogens (tertiary/aromatic N) is 2. The molecule has 1 heterocycles. The second kappa shape index (κ2) is 7.76. The third-order valence-electron chi connectivity index (χ3n) is 3.80. The lowest BCUT2D eigenvalue weighted by Crippen LogP contribution is -2.26. The van der Waals surface area contributed by atoms with Gasteiger partial charge in [0.15, 0.2) is 5.82 Å². The van der Waals surface area contributed by atoms with Crippen LogP contribution in [0.15, 0.2) is 53.4 Å². The molecule has 3 aromatic rings. The summed E-state index contributed by atoms with van der Waals surface area (Å²) in [5.41, 5.74) is 2.31. The summed E-state index contributed by atoms with van der Waals surface area (Å²) < 4.78 is 39.6. The van der Waals surface area contributed by atoms with E-state index in [4.69, 9.17) is 0 Å². The smallest absolute Gasteiger partial charge is 0.240 e. The van der Waals surface area contributed by atoms with Crippen molar-refractivity contribution < 1.29 is 12.8 Å². The predicted octanol–water partition coefficient (Wildman–Crippen LogP) is 2.36. The topological polar surface area (TPSA) is 87.7 Å². The van der Waals surface area contributed by atoms with Gasteiger partial charge in [0.1, 0.15) is 11.6 Å². The van der Waals surface area contributed by atoms with Crippen molar-refractivity contribution in [1.82, 2.24) is 19.9 Å². The van der Waals surface area contributed by atoms with Crippen LogP contribution in [-0.4, -0.2) is 30.1 Å². The van der Waals surface area contributed by atoms with Crippen molar-refractivity contribution in [1.29, 1.82) is 0 Å². The van der Waals surface area contributed by atoms with Crippen LogP contribution < -0.4 is 4.72 Å². The van der Waals surface area contributed by atoms with Crippen LogP contribution in [0.4, 0.5) is 4.39 Å². The van der Waals surface area contributed by atoms with Gasteiger partial charge < -0.3 is 0 Å². The molecule has 136 valence electrons. The molecule has 0 fully saturated rings. The zero-order valence-electron chi connectivity index (χ0n) is 14.2. The Morgan fingerprint density at radius 3 is 2.65 bits per heavy atom. The second-order valence-corrected chi connectivity index (χ2v) is 7.73. The van der Waals surface area contributed by atoms with Gasteiger partial charge in [-0.1, -0.05) is 29.8 Å². The maximum absolute atomic E-state index is 12.9. The van der Waals surface area contributed by atoms with Gasteiger partial charge in [0.25, 0.3) is 0 Å². The molecule has 2 N–H and O–H groups in total. The first-order valence-corrected chi connectivity index (χ1v) is 9.62. The fourth-order valence-electron chi connectivity index (χ4n) is 2.54. The molecule has 8 heteroatoms. The van der Waals surface area contributed by atoms with Crippen LogP contribution in [0.1, 0.15) is 22.8 Å². The Morgan fingerprint density at radius 2 is 1.92 bits per heavy atom. The van der Waals surface area contributed by atoms with Crippen LogP contribution in [0.3, 0.4) is 0 Å². The summed E-state index contributed by atoms with van der Waals surface area (Å²) >= 11 is 0. The molecule has 0 unspecified atom stereocenters. The monoisotopic (exact) mass is 374 g/mol. The summed E-state index contributed by atoms with van der Waals surface area (Å²) in [6.45, 7) is 2.18. The van der Waals surface area contributed by atoms with Crippen LogP contribution in [0.5, 0.6) is 0 Å². The quantitative estimate of drug-likeness (QED) is 0.665. The van der Waals surface area contributed by atoms with E-state index >= 15 is 0 Å². The van der Waals surface area contributed by atoms with Gasteiger partial charge in [0, 0.05) is 19.4 Å². The number of sulfonamides is 1. The molecule has 0 bridgehead atoms. The Hall–Kier alpha value is -2.58. The maximum atomic E-state index is 12.9. The highest BCUT2D eigenvalue weighted by molar-refractivity contribution is 7.89. The van der Waals surface area contributed by atoms with Crippen molar-refractivity contribution in [3.8, 4) is 0 Å². The van der Waals surface area contributed by atoms with E-state index in [0.717, 1.165) is 23.5 Å². The van der Waals surface area contributed by atoms with Crippen LogP contribution in [-0.2, 0) is 22.9 Å². The number of benzene rings is 2. The van der Waals surface area contributed by atoms with E-state index in [9.17, 15) is 12.8 Å². The third-order valence-corrected chi connectivity index (χ3v) is 5.27. The molecule has 0 amide bonds. The maximum Gasteiger partial charge on any atom is 0.240 e. The highest BCUT2D eigenvalue weighted by Crippen LogP contribution is 2.10. The van der Waals surface area contributed by atoms with E-state index in [1.54, 1.807) is 0 Å². The van der Waals surface area contributed by atoms with E-state index in [1.807, 2.05) is 25.1 Å². The number of hydrogen-bond acceptors (Lipinski definition) is 4. The molecular weight excluding hydrogens is 355 g/mol. The van der Waals surface area contributed by atoms with Crippen molar-refractivity contribution in [2.45, 2.75) is 24.7 Å². The van der Waals surface area contributed by atoms with Gasteiger partial charge in [-0.15, -0.1) is 0 Å². The summed E-state index contributed by atoms with van der Waals surface area (Å²) in [5.74, 6) is 0.785. The lowest BCUT2D eigenvalue weighted by atomic mass is 10.1. The number of H-pyrrole nitrogens is 1. The van der Waals surface area contributed by atoms with Crippen LogP contribution in [0.2, 0.25) is 0 Å². The van der Waals surface area contributed by atoms with Crippen molar-refractivity contribution >= 4 is 10.0 Å². The first-order valence-electron chi connectivity index (χ1n) is 8.13. The first-order chi connectivity index (χ1) is 12.4. The molecule has 0 saturated carbocycles. The largest absolute Gasteiger partial charge is 0.263 e. The standard InChI is InChI=1S/C18H19FN4O2S/c1-13-3-2-4-14(11-13)12-18-21-17(22-23-18)9-10-20-26(24,25)16-7-5-15(19)6-8-16/h2-8,11,20H,9-10,12H2,1H3,(H,21,22,23). The van der Waals surface area contributed by atoms with Crippen LogP contribution >= 0.6 is 0 Å². The normalized spacial score (nSPS) is 11.6. The van der Waals surface area contributed by atoms with E-state index in [2.05, 4.69) is 26.0 Å². The van der Waals surface area contributed by atoms with Crippen LogP contribution in [0, 0.1) is 12.7 Å². The van der Waals surface area contributed by atoms with Crippen molar-refractivity contribution in [2.24, 2.45) is 0 Å². The van der Waals surface area contributed by atoms with Gasteiger partial charge in [-0.2, -0.15) is 5.10 Å². The van der Waals surface area contributed by atoms with Gasteiger partial charge in [-0.25, -0.2) is 22.5 Å². The molecule has 26 heavy (non-hydrogen) atoms. The van der Waals surface area contributed by atoms with Crippen LogP contribution in [0.25, 0.3) is 0 Å². The van der Waals surface area contributed by atoms with Gasteiger partial charge >= 0.3 is 0 Å². The Kier molecular flexibility index (Phi) is 5.43. The lowest BCUT2D eigenvalue weighted by molar-refractivity contribution is 0.580. The minimum absolute atomic E-state index is 0.0222. The molecule has 0 saturated heterocycles. The SMILES string of the molecule is Cc1cccc(Cc2nc(CCNS(=O)(=O)c3ccc(F)cc3)n[nH]2)c1. The molecule has 6 nitrogen and oxygen atoms in total. The number of aromatic amines is 1. The fourth-order valence-corrected chi connectivity index (χ4v) is 3.57. The number of hydrogen-bond donors (Lipinski definition) is 2. The molecule has 0 spiro atoms. The zero-order chi connectivity index (χ0) is 18.6. The summed E-state index contributed by atoms with van der Waals surface area (Å²) in [5, 5.41) is 7.00. The zero-order valence-corrected chi connectivity index (χ0v) is 15.1. The van der Waals surface area contributed by atoms with Crippen molar-refractivity contribution in [2.75, 3.05) is 6.54 Å². The highest BCUT2D eigenvalue weighted by atomic mass is 32.2. The Labute approximate surface area is 151 Å². The molecule has 3 rings (SSSR count). The number of nitrogens with one attached hydrogen (secondary N) is 2. The van der Waals surface area contributed by atoms with Gasteiger partial charge in [-0.3, -0.25) is 5.10 Å². The molecule has 0 aliphatic carbocycles. The highest BCUT2D eigenvalue weighted by Gasteiger charge is 2.14. The van der Waals surface area contributed by atoms with E-state index in [1.165, 1.54) is 17.7 Å². The lowest BCUT2D eigenvalue weighted by Gasteiger charge is -2.05. The Balaban J connectivity index is 1.55. The second-order valence-electron chi connectivity index (χ2n) is 5.97. The molecule has 0 radical (unpaired) electrons. The first kappa shape index (κ1) is 18.2. The summed E-state index contributed by atoms with van der Waals surface area (Å²) in [6, 6.07) is 12.8. The number of aryl methyl sites for hydroxylation is 1. The molecule has 0 aliphatic rings. The Morgan fingerprint density at radius 1 is 1.15 bits per heavy atom. The minimum atomic E-state index is -3.68. The number of rotatable bonds is 7. The van der Waals surface area contributed by atoms with E-state index in [0.29, 0.717) is 18.7 Å². The average Bonchev–Trinajstić information content (AvgIpc) is 3.02. The molecule has 1 aromatic heterocycles. The number of aromatic nitrogens is 3. The fraction of sp³-hybridized carbons (Fsp3) is 0.222. The minimum Gasteiger partial charge on any atom is -0.263 e. The predicted molar refractivity (Wildman–Crippen MR) is 95.7 cm³/mol. The average molecular weight is 374 g/mol. The van der Waals surface area contributed by atoms with E-state index < -0.39 is 15.8 Å². The van der Waals surface area contributed by atoms with Crippen molar-refractivity contribution in [3.05, 3.63) is 77.1 Å². The molecular formula is C18H19FN4O2S. The van der Waals surface area contributed by atoms with Crippen molar-refractivity contribution in [3.63, 3.8) is 0 Å². The van der Waals surface area contributed by atoms with Gasteiger partial charge in [0.05, 0.1) is 4.90 Å². The van der Waals surface area contributed by atoms with Gasteiger partial charge in [0.2, 0.25) is 10.0 Å². The number of halogens is 1. The Bertz CT molecular complexity index is 984. The summed E-state index contributed by atoms with van der Waals surface area (Å²) in [7, 11) is -3.68. The summed E-state index contributed by atoms with van der Waals surface area (Å²) in [4.78, 5) is 4.41. The van der Waals surface area contributed by atoms with Gasteiger partial charge in [-0.05, 0) is 36.8 Å². The summed E-state index contributed by atoms with van der Waals surface area (Å²) in [6.07, 6.45) is 0.987. The third kappa shape index (κ3) is 4.74. The molecule has 0 aliphatic heterocycles. The molecule has 2 aromatic carbocycles. The van der Waals surface area contributed by atoms with E-state index in [-0.39, 0.29) is 11.4 Å².